The quantitative estimate of drug-likeness (QED) is 0.299. The zero-order valence-corrected chi connectivity index (χ0v) is 28.7. The number of anilines is 1. The summed E-state index contributed by atoms with van der Waals surface area (Å²) in [5.41, 5.74) is 1.85. The Labute approximate surface area is 272 Å². The smallest absolute Gasteiger partial charge is 0.244 e. The lowest BCUT2D eigenvalue weighted by Crippen LogP contribution is -2.55. The summed E-state index contributed by atoms with van der Waals surface area (Å²) in [6.45, 7) is 6.92. The Morgan fingerprint density at radius 1 is 0.955 bits per heavy atom. The first-order chi connectivity index (χ1) is 20.6. The van der Waals surface area contributed by atoms with E-state index in [9.17, 15) is 18.0 Å². The Balaban J connectivity index is 1.43. The van der Waals surface area contributed by atoms with Crippen LogP contribution in [0.2, 0.25) is 10.0 Å². The molecule has 10 heteroatoms. The van der Waals surface area contributed by atoms with Crippen molar-refractivity contribution in [3.63, 3.8) is 0 Å². The number of carbonyl (C=O) groups excluding carboxylic acids is 2. The molecule has 0 aromatic heterocycles. The average Bonchev–Trinajstić information content (AvgIpc) is 2.91. The molecular formula is C34H45Cl2N3O4S. The lowest BCUT2D eigenvalue weighted by atomic mass is 9.48. The van der Waals surface area contributed by atoms with Crippen LogP contribution in [0, 0.1) is 17.8 Å². The number of hydrogen-bond donors (Lipinski definition) is 1. The van der Waals surface area contributed by atoms with Crippen LogP contribution in [0.5, 0.6) is 0 Å². The highest BCUT2D eigenvalue weighted by molar-refractivity contribution is 7.92. The van der Waals surface area contributed by atoms with Crippen LogP contribution < -0.4 is 9.62 Å². The molecule has 0 saturated heterocycles. The third-order valence-electron chi connectivity index (χ3n) is 9.76. The number of benzene rings is 2. The maximum Gasteiger partial charge on any atom is 0.244 e. The number of sulfonamides is 1. The number of nitrogens with one attached hydrogen (secondary N) is 1. The highest BCUT2D eigenvalue weighted by atomic mass is 35.5. The van der Waals surface area contributed by atoms with E-state index in [1.54, 1.807) is 18.2 Å². The van der Waals surface area contributed by atoms with Gasteiger partial charge in [0.25, 0.3) is 0 Å². The lowest BCUT2D eigenvalue weighted by Gasteiger charge is -2.57. The first kappa shape index (κ1) is 33.1. The monoisotopic (exact) mass is 661 g/mol. The normalized spacial score (nSPS) is 25.0. The second-order valence-corrected chi connectivity index (χ2v) is 17.1. The minimum Gasteiger partial charge on any atom is -0.350 e. The van der Waals surface area contributed by atoms with E-state index in [0.29, 0.717) is 27.7 Å². The van der Waals surface area contributed by atoms with Crippen LogP contribution in [-0.4, -0.2) is 49.5 Å². The van der Waals surface area contributed by atoms with Crippen LogP contribution in [0.25, 0.3) is 0 Å². The maximum atomic E-state index is 14.1. The number of carbonyl (C=O) groups is 2. The van der Waals surface area contributed by atoms with Gasteiger partial charge in [-0.25, -0.2) is 8.42 Å². The second kappa shape index (κ2) is 12.5. The van der Waals surface area contributed by atoms with Gasteiger partial charge in [-0.2, -0.15) is 0 Å². The SMILES string of the molecule is CC[C@@H](C(=O)NC(C)(C)C)N(Cc1c(Cl)cccc1Cl)C(=O)CN(c1ccc(C23CC4CC(CC(C4)C2)C3)cc1)S(C)(=O)=O. The van der Waals surface area contributed by atoms with Crippen molar-refractivity contribution in [3.8, 4) is 0 Å². The molecule has 4 aliphatic rings. The van der Waals surface area contributed by atoms with E-state index in [4.69, 9.17) is 23.2 Å². The molecule has 6 rings (SSSR count). The van der Waals surface area contributed by atoms with E-state index in [2.05, 4.69) is 17.4 Å². The van der Waals surface area contributed by atoms with E-state index in [1.807, 2.05) is 39.8 Å². The van der Waals surface area contributed by atoms with E-state index in [1.165, 1.54) is 49.0 Å². The predicted octanol–water partition coefficient (Wildman–Crippen LogP) is 6.95. The molecule has 240 valence electrons. The predicted molar refractivity (Wildman–Crippen MR) is 177 cm³/mol. The Bertz CT molecular complexity index is 1450. The Hall–Kier alpha value is -2.29. The van der Waals surface area contributed by atoms with Gasteiger partial charge < -0.3 is 10.2 Å². The molecule has 0 radical (unpaired) electrons. The molecule has 4 aliphatic carbocycles. The van der Waals surface area contributed by atoms with Crippen molar-refractivity contribution >= 4 is 50.7 Å². The first-order valence-electron chi connectivity index (χ1n) is 15.7. The van der Waals surface area contributed by atoms with Crippen molar-refractivity contribution in [2.45, 2.75) is 96.2 Å². The standard InChI is InChI=1S/C34H45Cl2N3O4S/c1-6-30(32(41)37-33(2,3)4)38(20-27-28(35)8-7-9-29(27)36)31(40)21-39(44(5,42)43)26-12-10-25(11-13-26)34-17-22-14-23(18-34)16-24(15-22)19-34/h7-13,22-24,30H,6,14-21H2,1-5H3,(H,37,41)/t22?,23?,24?,30-,34?/m0/s1. The van der Waals surface area contributed by atoms with Gasteiger partial charge in [0.05, 0.1) is 11.9 Å². The van der Waals surface area contributed by atoms with Crippen LogP contribution in [0.1, 0.15) is 83.8 Å². The number of halogens is 2. The van der Waals surface area contributed by atoms with Crippen LogP contribution in [0.3, 0.4) is 0 Å². The number of nitrogens with zero attached hydrogens (tertiary/aromatic N) is 2. The summed E-state index contributed by atoms with van der Waals surface area (Å²) in [5, 5.41) is 3.69. The Kier molecular flexibility index (Phi) is 9.39. The molecule has 7 nitrogen and oxygen atoms in total. The average molecular weight is 663 g/mol. The molecule has 0 spiro atoms. The first-order valence-corrected chi connectivity index (χ1v) is 18.3. The number of hydrogen-bond acceptors (Lipinski definition) is 4. The third kappa shape index (κ3) is 7.07. The lowest BCUT2D eigenvalue weighted by molar-refractivity contribution is -0.141. The van der Waals surface area contributed by atoms with Gasteiger partial charge in [-0.3, -0.25) is 13.9 Å². The van der Waals surface area contributed by atoms with Crippen molar-refractivity contribution in [2.75, 3.05) is 17.1 Å². The molecular weight excluding hydrogens is 617 g/mol. The molecule has 2 aromatic carbocycles. The Morgan fingerprint density at radius 2 is 1.48 bits per heavy atom. The minimum absolute atomic E-state index is 0.0457. The van der Waals surface area contributed by atoms with Crippen LogP contribution in [0.4, 0.5) is 5.69 Å². The highest BCUT2D eigenvalue weighted by Crippen LogP contribution is 2.60. The van der Waals surface area contributed by atoms with Crippen molar-refractivity contribution in [1.29, 1.82) is 0 Å². The topological polar surface area (TPSA) is 86.8 Å². The van der Waals surface area contributed by atoms with Gasteiger partial charge in [-0.1, -0.05) is 48.3 Å². The molecule has 0 heterocycles. The van der Waals surface area contributed by atoms with E-state index >= 15 is 0 Å². The molecule has 0 aliphatic heterocycles. The zero-order chi connectivity index (χ0) is 32.0. The van der Waals surface area contributed by atoms with Gasteiger partial charge >= 0.3 is 0 Å². The van der Waals surface area contributed by atoms with Gasteiger partial charge in [-0.05, 0) is 119 Å². The summed E-state index contributed by atoms with van der Waals surface area (Å²) < 4.78 is 27.4. The molecule has 0 unspecified atom stereocenters. The summed E-state index contributed by atoms with van der Waals surface area (Å²) in [4.78, 5) is 29.0. The van der Waals surface area contributed by atoms with Crippen molar-refractivity contribution in [1.82, 2.24) is 10.2 Å². The van der Waals surface area contributed by atoms with Gasteiger partial charge in [0.1, 0.15) is 12.6 Å². The summed E-state index contributed by atoms with van der Waals surface area (Å²) in [6.07, 6.45) is 9.10. The van der Waals surface area contributed by atoms with Gasteiger partial charge in [0.2, 0.25) is 21.8 Å². The molecule has 2 aromatic rings. The zero-order valence-electron chi connectivity index (χ0n) is 26.4. The largest absolute Gasteiger partial charge is 0.350 e. The van der Waals surface area contributed by atoms with Gasteiger partial charge in [-0.15, -0.1) is 0 Å². The molecule has 1 N–H and O–H groups in total. The molecule has 44 heavy (non-hydrogen) atoms. The summed E-state index contributed by atoms with van der Waals surface area (Å²) in [6, 6.07) is 12.0. The number of rotatable bonds is 10. The Morgan fingerprint density at radius 3 is 1.93 bits per heavy atom. The van der Waals surface area contributed by atoms with E-state index < -0.39 is 34.1 Å². The van der Waals surface area contributed by atoms with Crippen molar-refractivity contribution in [3.05, 3.63) is 63.6 Å². The molecule has 4 fully saturated rings. The van der Waals surface area contributed by atoms with Gasteiger partial charge in [0, 0.05) is 27.7 Å². The summed E-state index contributed by atoms with van der Waals surface area (Å²) in [5.74, 6) is 1.54. The maximum absolute atomic E-state index is 14.1. The highest BCUT2D eigenvalue weighted by Gasteiger charge is 2.51. The van der Waals surface area contributed by atoms with Crippen molar-refractivity contribution < 1.29 is 18.0 Å². The van der Waals surface area contributed by atoms with Crippen molar-refractivity contribution in [2.24, 2.45) is 17.8 Å². The fourth-order valence-electron chi connectivity index (χ4n) is 8.29. The molecule has 2 amide bonds. The molecule has 1 atom stereocenters. The number of amides is 2. The van der Waals surface area contributed by atoms with Crippen LogP contribution in [0.15, 0.2) is 42.5 Å². The van der Waals surface area contributed by atoms with E-state index in [0.717, 1.165) is 28.3 Å². The molecule has 4 bridgehead atoms. The van der Waals surface area contributed by atoms with Crippen LogP contribution in [-0.2, 0) is 31.6 Å². The van der Waals surface area contributed by atoms with Gasteiger partial charge in [0.15, 0.2) is 0 Å². The summed E-state index contributed by atoms with van der Waals surface area (Å²) >= 11 is 13.0. The fourth-order valence-corrected chi connectivity index (χ4v) is 9.65. The molecule has 4 saturated carbocycles. The van der Waals surface area contributed by atoms with E-state index in [-0.39, 0.29) is 17.9 Å². The summed E-state index contributed by atoms with van der Waals surface area (Å²) in [7, 11) is -3.84. The van der Waals surface area contributed by atoms with Crippen LogP contribution >= 0.6 is 23.2 Å². The third-order valence-corrected chi connectivity index (χ3v) is 11.6. The second-order valence-electron chi connectivity index (χ2n) is 14.4. The minimum atomic E-state index is -3.84. The fraction of sp³-hybridized carbons (Fsp3) is 0.588.